The SMILES string of the molecule is CCNC(=O)[C@@H](NC(=O)[C@H](C)NC[C@H](Cc1ccccc1)NC(=O)c1cccc(C(=O)NCCc2cccc(C(F)(F)F)c2)c1)C(C)C. The molecule has 4 amide bonds. The van der Waals surface area contributed by atoms with Crippen molar-refractivity contribution in [2.45, 2.75) is 64.8 Å². The van der Waals surface area contributed by atoms with Crippen LogP contribution in [0.4, 0.5) is 13.2 Å². The van der Waals surface area contributed by atoms with E-state index >= 15 is 0 Å². The van der Waals surface area contributed by atoms with E-state index in [0.29, 0.717) is 18.5 Å². The van der Waals surface area contributed by atoms with Gasteiger partial charge in [-0.25, -0.2) is 0 Å². The van der Waals surface area contributed by atoms with Crippen molar-refractivity contribution in [3.63, 3.8) is 0 Å². The maximum absolute atomic E-state index is 13.4. The van der Waals surface area contributed by atoms with Gasteiger partial charge in [0.2, 0.25) is 11.8 Å². The Morgan fingerprint density at radius 2 is 1.38 bits per heavy atom. The molecule has 0 fully saturated rings. The molecule has 0 aliphatic carbocycles. The summed E-state index contributed by atoms with van der Waals surface area (Å²) in [7, 11) is 0. The van der Waals surface area contributed by atoms with Gasteiger partial charge in [-0.05, 0) is 68.0 Å². The Hall–Kier alpha value is -4.71. The molecule has 0 saturated carbocycles. The van der Waals surface area contributed by atoms with Crippen LogP contribution in [0.5, 0.6) is 0 Å². The maximum atomic E-state index is 13.4. The third-order valence-electron chi connectivity index (χ3n) is 7.66. The number of carbonyl (C=O) groups is 4. The summed E-state index contributed by atoms with van der Waals surface area (Å²) in [6, 6.07) is 18.8. The van der Waals surface area contributed by atoms with Crippen LogP contribution in [0, 0.1) is 5.92 Å². The van der Waals surface area contributed by atoms with Crippen molar-refractivity contribution < 1.29 is 32.3 Å². The highest BCUT2D eigenvalue weighted by molar-refractivity contribution is 5.99. The van der Waals surface area contributed by atoms with Crippen molar-refractivity contribution >= 4 is 23.6 Å². The molecule has 3 aromatic rings. The zero-order valence-corrected chi connectivity index (χ0v) is 27.6. The topological polar surface area (TPSA) is 128 Å². The Balaban J connectivity index is 1.63. The number of likely N-dealkylation sites (N-methyl/N-ethyl adjacent to an activating group) is 1. The van der Waals surface area contributed by atoms with Crippen LogP contribution in [0.25, 0.3) is 0 Å². The molecule has 5 N–H and O–H groups in total. The van der Waals surface area contributed by atoms with Gasteiger partial charge in [-0.3, -0.25) is 19.2 Å². The molecule has 0 heterocycles. The summed E-state index contributed by atoms with van der Waals surface area (Å²) < 4.78 is 39.1. The van der Waals surface area contributed by atoms with Crippen molar-refractivity contribution in [3.05, 3.63) is 107 Å². The molecule has 9 nitrogen and oxygen atoms in total. The number of hydrogen-bond acceptors (Lipinski definition) is 5. The van der Waals surface area contributed by atoms with E-state index in [1.165, 1.54) is 12.1 Å². The average Bonchev–Trinajstić information content (AvgIpc) is 3.06. The van der Waals surface area contributed by atoms with Crippen molar-refractivity contribution in [1.29, 1.82) is 0 Å². The fourth-order valence-electron chi connectivity index (χ4n) is 4.98. The molecule has 0 bridgehead atoms. The van der Waals surface area contributed by atoms with Crippen LogP contribution in [-0.4, -0.2) is 61.4 Å². The van der Waals surface area contributed by atoms with Crippen LogP contribution in [0.3, 0.4) is 0 Å². The number of hydrogen-bond donors (Lipinski definition) is 5. The first-order valence-corrected chi connectivity index (χ1v) is 16.0. The quantitative estimate of drug-likeness (QED) is 0.156. The molecular formula is C36H44F3N5O4. The Labute approximate surface area is 279 Å². The first-order chi connectivity index (χ1) is 22.8. The molecule has 0 saturated heterocycles. The predicted octanol–water partition coefficient (Wildman–Crippen LogP) is 4.27. The first kappa shape index (κ1) is 37.7. The van der Waals surface area contributed by atoms with E-state index in [1.54, 1.807) is 31.2 Å². The van der Waals surface area contributed by atoms with Gasteiger partial charge < -0.3 is 26.6 Å². The van der Waals surface area contributed by atoms with Crippen LogP contribution >= 0.6 is 0 Å². The summed E-state index contributed by atoms with van der Waals surface area (Å²) in [5.74, 6) is -1.62. The average molecular weight is 668 g/mol. The summed E-state index contributed by atoms with van der Waals surface area (Å²) in [6.45, 7) is 7.98. The standard InChI is InChI=1S/C36H44F3N5O4/c1-5-40-35(48)31(23(2)3)44-32(45)24(4)42-22-30(20-25-11-7-6-8-12-25)43-34(47)28-15-10-14-27(21-28)33(46)41-18-17-26-13-9-16-29(19-26)36(37,38)39/h6-16,19,21,23-24,30-31,42H,5,17-18,20,22H2,1-4H3,(H,40,48)(H,41,46)(H,43,47)(H,44,45)/t24-,30-,31-/m0/s1. The number of alkyl halides is 3. The zero-order valence-electron chi connectivity index (χ0n) is 27.6. The third kappa shape index (κ3) is 11.8. The Bertz CT molecular complexity index is 1530. The largest absolute Gasteiger partial charge is 0.416 e. The summed E-state index contributed by atoms with van der Waals surface area (Å²) in [6.07, 6.45) is -3.80. The molecule has 0 spiro atoms. The lowest BCUT2D eigenvalue weighted by atomic mass is 10.0. The van der Waals surface area contributed by atoms with Crippen LogP contribution < -0.4 is 26.6 Å². The van der Waals surface area contributed by atoms with Crippen molar-refractivity contribution in [1.82, 2.24) is 26.6 Å². The van der Waals surface area contributed by atoms with Gasteiger partial charge >= 0.3 is 6.18 Å². The lowest BCUT2D eigenvalue weighted by molar-refractivity contribution is -0.137. The number of amides is 4. The van der Waals surface area contributed by atoms with Crippen LogP contribution in [0.1, 0.15) is 65.1 Å². The highest BCUT2D eigenvalue weighted by Crippen LogP contribution is 2.29. The zero-order chi connectivity index (χ0) is 35.3. The Morgan fingerprint density at radius 3 is 2.02 bits per heavy atom. The second-order valence-corrected chi connectivity index (χ2v) is 11.9. The molecule has 48 heavy (non-hydrogen) atoms. The van der Waals surface area contributed by atoms with Gasteiger partial charge in [0.15, 0.2) is 0 Å². The summed E-state index contributed by atoms with van der Waals surface area (Å²) in [4.78, 5) is 51.6. The summed E-state index contributed by atoms with van der Waals surface area (Å²) >= 11 is 0. The molecule has 3 aromatic carbocycles. The lowest BCUT2D eigenvalue weighted by Gasteiger charge is -2.25. The molecule has 3 atom stereocenters. The van der Waals surface area contributed by atoms with Crippen molar-refractivity contribution in [2.24, 2.45) is 5.92 Å². The molecule has 0 aliphatic heterocycles. The van der Waals surface area contributed by atoms with Gasteiger partial charge in [0.1, 0.15) is 6.04 Å². The van der Waals surface area contributed by atoms with Gasteiger partial charge in [-0.2, -0.15) is 13.2 Å². The number of halogens is 3. The maximum Gasteiger partial charge on any atom is 0.416 e. The first-order valence-electron chi connectivity index (χ1n) is 16.0. The monoisotopic (exact) mass is 667 g/mol. The predicted molar refractivity (Wildman–Crippen MR) is 178 cm³/mol. The van der Waals surface area contributed by atoms with E-state index in [9.17, 15) is 32.3 Å². The fraction of sp³-hybridized carbons (Fsp3) is 0.389. The van der Waals surface area contributed by atoms with E-state index < -0.39 is 41.7 Å². The minimum atomic E-state index is -4.45. The van der Waals surface area contributed by atoms with E-state index in [0.717, 1.165) is 17.7 Å². The number of nitrogens with one attached hydrogen (secondary N) is 5. The second kappa shape index (κ2) is 18.0. The Kier molecular flexibility index (Phi) is 14.2. The third-order valence-corrected chi connectivity index (χ3v) is 7.66. The molecular weight excluding hydrogens is 623 g/mol. The number of carbonyl (C=O) groups excluding carboxylic acids is 4. The molecule has 0 unspecified atom stereocenters. The van der Waals surface area contributed by atoms with E-state index in [-0.39, 0.29) is 48.4 Å². The smallest absolute Gasteiger partial charge is 0.355 e. The van der Waals surface area contributed by atoms with Gasteiger partial charge in [-0.1, -0.05) is 68.4 Å². The van der Waals surface area contributed by atoms with Crippen LogP contribution in [0.2, 0.25) is 0 Å². The molecule has 3 rings (SSSR count). The molecule has 0 radical (unpaired) electrons. The Morgan fingerprint density at radius 1 is 0.729 bits per heavy atom. The van der Waals surface area contributed by atoms with Gasteiger partial charge in [0.25, 0.3) is 11.8 Å². The highest BCUT2D eigenvalue weighted by Gasteiger charge is 2.30. The van der Waals surface area contributed by atoms with Gasteiger partial charge in [0, 0.05) is 36.8 Å². The molecule has 0 aromatic heterocycles. The van der Waals surface area contributed by atoms with E-state index in [2.05, 4.69) is 26.6 Å². The number of rotatable bonds is 16. The normalized spacial score (nSPS) is 13.2. The minimum absolute atomic E-state index is 0.105. The van der Waals surface area contributed by atoms with Crippen LogP contribution in [-0.2, 0) is 28.6 Å². The minimum Gasteiger partial charge on any atom is -0.355 e. The lowest BCUT2D eigenvalue weighted by Crippen LogP contribution is -2.55. The fourth-order valence-corrected chi connectivity index (χ4v) is 4.98. The van der Waals surface area contributed by atoms with Gasteiger partial charge in [-0.15, -0.1) is 0 Å². The van der Waals surface area contributed by atoms with E-state index in [1.807, 2.05) is 51.1 Å². The number of benzene rings is 3. The highest BCUT2D eigenvalue weighted by atomic mass is 19.4. The summed E-state index contributed by atoms with van der Waals surface area (Å²) in [5, 5.41) is 14.4. The van der Waals surface area contributed by atoms with E-state index in [4.69, 9.17) is 0 Å². The second-order valence-electron chi connectivity index (χ2n) is 11.9. The van der Waals surface area contributed by atoms with Crippen molar-refractivity contribution in [2.75, 3.05) is 19.6 Å². The van der Waals surface area contributed by atoms with Crippen molar-refractivity contribution in [3.8, 4) is 0 Å². The molecule has 258 valence electrons. The summed E-state index contributed by atoms with van der Waals surface area (Å²) in [5.41, 5.74) is 1.11. The van der Waals surface area contributed by atoms with Crippen LogP contribution in [0.15, 0.2) is 78.9 Å². The molecule has 0 aliphatic rings. The molecule has 12 heteroatoms. The van der Waals surface area contributed by atoms with Gasteiger partial charge in [0.05, 0.1) is 11.6 Å².